The molecular weight excluding hydrogens is 298 g/mol. The largest absolute Gasteiger partial charge is 0.376 e. The average molecular weight is 325 g/mol. The van der Waals surface area contributed by atoms with Gasteiger partial charge in [0.25, 0.3) is 0 Å². The average Bonchev–Trinajstić information content (AvgIpc) is 2.65. The van der Waals surface area contributed by atoms with E-state index in [-0.39, 0.29) is 18.5 Å². The minimum absolute atomic E-state index is 0.00643. The Bertz CT molecular complexity index is 597. The summed E-state index contributed by atoms with van der Waals surface area (Å²) in [5, 5.41) is 6.20. The number of amides is 1. The Kier molecular flexibility index (Phi) is 7.30. The highest BCUT2D eigenvalue weighted by Crippen LogP contribution is 2.19. The van der Waals surface area contributed by atoms with Gasteiger partial charge >= 0.3 is 0 Å². The molecule has 0 aromatic heterocycles. The van der Waals surface area contributed by atoms with Crippen molar-refractivity contribution in [3.8, 4) is 0 Å². The van der Waals surface area contributed by atoms with Gasteiger partial charge in [-0.2, -0.15) is 0 Å². The molecule has 0 radical (unpaired) electrons. The zero-order valence-electron chi connectivity index (χ0n) is 14.5. The molecule has 0 heterocycles. The van der Waals surface area contributed by atoms with E-state index in [0.29, 0.717) is 6.54 Å². The van der Waals surface area contributed by atoms with Gasteiger partial charge in [-0.3, -0.25) is 9.69 Å². The summed E-state index contributed by atoms with van der Waals surface area (Å²) in [7, 11) is 0. The molecule has 0 aliphatic carbocycles. The summed E-state index contributed by atoms with van der Waals surface area (Å²) >= 11 is 0. The molecule has 4 nitrogen and oxygen atoms in total. The number of rotatable bonds is 9. The summed E-state index contributed by atoms with van der Waals surface area (Å²) in [6.07, 6.45) is 0. The number of nitrogens with one attached hydrogen (secondary N) is 2. The second kappa shape index (κ2) is 9.73. The first-order valence-corrected chi connectivity index (χ1v) is 8.59. The first-order valence-electron chi connectivity index (χ1n) is 8.59. The molecule has 0 fully saturated rings. The van der Waals surface area contributed by atoms with Gasteiger partial charge < -0.3 is 10.6 Å². The van der Waals surface area contributed by atoms with Gasteiger partial charge in [0.05, 0.1) is 12.6 Å². The van der Waals surface area contributed by atoms with Crippen LogP contribution in [0.15, 0.2) is 60.7 Å². The highest BCUT2D eigenvalue weighted by molar-refractivity contribution is 5.80. The van der Waals surface area contributed by atoms with Crippen molar-refractivity contribution in [1.29, 1.82) is 0 Å². The lowest BCUT2D eigenvalue weighted by Gasteiger charge is -2.30. The Hall–Kier alpha value is -2.33. The van der Waals surface area contributed by atoms with Crippen LogP contribution >= 0.6 is 0 Å². The van der Waals surface area contributed by atoms with Crippen LogP contribution in [0.2, 0.25) is 0 Å². The topological polar surface area (TPSA) is 44.4 Å². The highest BCUT2D eigenvalue weighted by Gasteiger charge is 2.18. The number of benzene rings is 2. The van der Waals surface area contributed by atoms with Crippen molar-refractivity contribution in [3.05, 3.63) is 66.2 Å². The van der Waals surface area contributed by atoms with Gasteiger partial charge in [0.15, 0.2) is 0 Å². The molecule has 24 heavy (non-hydrogen) atoms. The van der Waals surface area contributed by atoms with Gasteiger partial charge in [0, 0.05) is 12.2 Å². The van der Waals surface area contributed by atoms with Crippen molar-refractivity contribution in [1.82, 2.24) is 10.2 Å². The molecule has 0 spiro atoms. The fraction of sp³-hybridized carbons (Fsp3) is 0.350. The van der Waals surface area contributed by atoms with Crippen molar-refractivity contribution >= 4 is 11.6 Å². The summed E-state index contributed by atoms with van der Waals surface area (Å²) in [4.78, 5) is 14.5. The van der Waals surface area contributed by atoms with Crippen LogP contribution in [-0.2, 0) is 4.79 Å². The molecule has 0 bridgehead atoms. The zero-order valence-corrected chi connectivity index (χ0v) is 14.5. The minimum atomic E-state index is 0.00643. The van der Waals surface area contributed by atoms with E-state index in [2.05, 4.69) is 41.5 Å². The van der Waals surface area contributed by atoms with Gasteiger partial charge in [-0.1, -0.05) is 62.4 Å². The van der Waals surface area contributed by atoms with E-state index in [1.165, 1.54) is 5.56 Å². The van der Waals surface area contributed by atoms with Crippen molar-refractivity contribution in [2.75, 3.05) is 31.5 Å². The second-order valence-corrected chi connectivity index (χ2v) is 5.67. The maximum atomic E-state index is 12.2. The van der Waals surface area contributed by atoms with Crippen molar-refractivity contribution in [2.45, 2.75) is 19.9 Å². The van der Waals surface area contributed by atoms with Crippen LogP contribution in [-0.4, -0.2) is 37.0 Å². The molecule has 0 saturated carbocycles. The molecule has 0 aliphatic rings. The third-order valence-electron chi connectivity index (χ3n) is 4.16. The first kappa shape index (κ1) is 18.0. The molecule has 2 aromatic rings. The van der Waals surface area contributed by atoms with Crippen molar-refractivity contribution in [2.24, 2.45) is 0 Å². The van der Waals surface area contributed by atoms with Gasteiger partial charge in [0.2, 0.25) is 5.91 Å². The van der Waals surface area contributed by atoms with E-state index in [4.69, 9.17) is 0 Å². The van der Waals surface area contributed by atoms with Crippen LogP contribution in [0.3, 0.4) is 0 Å². The molecule has 1 atom stereocenters. The number of carbonyl (C=O) groups excluding carboxylic acids is 1. The van der Waals surface area contributed by atoms with E-state index in [0.717, 1.165) is 18.8 Å². The van der Waals surface area contributed by atoms with Crippen molar-refractivity contribution < 1.29 is 4.79 Å². The van der Waals surface area contributed by atoms with Gasteiger partial charge in [-0.15, -0.1) is 0 Å². The molecule has 1 amide bonds. The maximum Gasteiger partial charge on any atom is 0.239 e. The van der Waals surface area contributed by atoms with Crippen molar-refractivity contribution in [3.63, 3.8) is 0 Å². The smallest absolute Gasteiger partial charge is 0.239 e. The normalized spacial score (nSPS) is 12.0. The third kappa shape index (κ3) is 5.39. The van der Waals surface area contributed by atoms with E-state index < -0.39 is 0 Å². The number of nitrogens with zero attached hydrogens (tertiary/aromatic N) is 1. The minimum Gasteiger partial charge on any atom is -0.376 e. The summed E-state index contributed by atoms with van der Waals surface area (Å²) in [5.74, 6) is 0.00643. The Labute approximate surface area is 144 Å². The summed E-state index contributed by atoms with van der Waals surface area (Å²) in [6, 6.07) is 20.3. The van der Waals surface area contributed by atoms with Gasteiger partial charge in [-0.25, -0.2) is 0 Å². The standard InChI is InChI=1S/C20H27N3O/c1-3-23(4-2)19(17-11-7-5-8-12-17)15-22-20(24)16-21-18-13-9-6-10-14-18/h5-14,19,21H,3-4,15-16H2,1-2H3,(H,22,24). The zero-order chi connectivity index (χ0) is 17.2. The maximum absolute atomic E-state index is 12.2. The van der Waals surface area contributed by atoms with Crippen LogP contribution < -0.4 is 10.6 Å². The van der Waals surface area contributed by atoms with E-state index in [1.807, 2.05) is 48.5 Å². The van der Waals surface area contributed by atoms with Gasteiger partial charge in [0.1, 0.15) is 0 Å². The van der Waals surface area contributed by atoms with Crippen LogP contribution in [0.4, 0.5) is 5.69 Å². The van der Waals surface area contributed by atoms with E-state index >= 15 is 0 Å². The number of para-hydroxylation sites is 1. The van der Waals surface area contributed by atoms with Crippen LogP contribution in [0.1, 0.15) is 25.5 Å². The van der Waals surface area contributed by atoms with E-state index in [1.54, 1.807) is 0 Å². The lowest BCUT2D eigenvalue weighted by Crippen LogP contribution is -2.39. The fourth-order valence-corrected chi connectivity index (χ4v) is 2.81. The SMILES string of the molecule is CCN(CC)C(CNC(=O)CNc1ccccc1)c1ccccc1. The summed E-state index contributed by atoms with van der Waals surface area (Å²) in [5.41, 5.74) is 2.19. The predicted octanol–water partition coefficient (Wildman–Crippen LogP) is 3.30. The molecule has 2 rings (SSSR count). The molecule has 2 aromatic carbocycles. The Morgan fingerprint density at radius 1 is 0.958 bits per heavy atom. The lowest BCUT2D eigenvalue weighted by atomic mass is 10.1. The van der Waals surface area contributed by atoms with Crippen LogP contribution in [0.5, 0.6) is 0 Å². The number of hydrogen-bond donors (Lipinski definition) is 2. The molecule has 0 saturated heterocycles. The Morgan fingerprint density at radius 2 is 1.54 bits per heavy atom. The third-order valence-corrected chi connectivity index (χ3v) is 4.16. The molecule has 4 heteroatoms. The molecule has 0 aliphatic heterocycles. The molecule has 2 N–H and O–H groups in total. The van der Waals surface area contributed by atoms with Gasteiger partial charge in [-0.05, 0) is 30.8 Å². The first-order chi connectivity index (χ1) is 11.7. The molecule has 128 valence electrons. The summed E-state index contributed by atoms with van der Waals surface area (Å²) in [6.45, 7) is 7.10. The number of hydrogen-bond acceptors (Lipinski definition) is 3. The number of likely N-dealkylation sites (N-methyl/N-ethyl adjacent to an activating group) is 1. The van der Waals surface area contributed by atoms with E-state index in [9.17, 15) is 4.79 Å². The quantitative estimate of drug-likeness (QED) is 0.743. The predicted molar refractivity (Wildman–Crippen MR) is 100 cm³/mol. The van der Waals surface area contributed by atoms with Crippen LogP contribution in [0.25, 0.3) is 0 Å². The summed E-state index contributed by atoms with van der Waals surface area (Å²) < 4.78 is 0. The Balaban J connectivity index is 1.91. The number of anilines is 1. The Morgan fingerprint density at radius 3 is 2.12 bits per heavy atom. The highest BCUT2D eigenvalue weighted by atomic mass is 16.1. The lowest BCUT2D eigenvalue weighted by molar-refractivity contribution is -0.119. The monoisotopic (exact) mass is 325 g/mol. The van der Waals surface area contributed by atoms with Crippen LogP contribution in [0, 0.1) is 0 Å². The fourth-order valence-electron chi connectivity index (χ4n) is 2.81. The molecule has 1 unspecified atom stereocenters. The molecular formula is C20H27N3O. The number of carbonyl (C=O) groups is 1. The second-order valence-electron chi connectivity index (χ2n) is 5.67.